The topological polar surface area (TPSA) is 21.3 Å². The van der Waals surface area contributed by atoms with Gasteiger partial charge >= 0.3 is 0 Å². The Kier molecular flexibility index (Phi) is 6.15. The van der Waals surface area contributed by atoms with Crippen molar-refractivity contribution >= 4 is 0 Å². The molecule has 0 saturated carbocycles. The summed E-state index contributed by atoms with van der Waals surface area (Å²) >= 11 is 0. The number of hydrogen-bond donors (Lipinski definition) is 1. The van der Waals surface area contributed by atoms with Crippen LogP contribution >= 0.6 is 0 Å². The van der Waals surface area contributed by atoms with Crippen LogP contribution in [0.15, 0.2) is 12.7 Å². The van der Waals surface area contributed by atoms with E-state index in [1.807, 2.05) is 13.0 Å². The molecule has 0 amide bonds. The Labute approximate surface area is 95.1 Å². The van der Waals surface area contributed by atoms with Crippen LogP contribution in [-0.2, 0) is 4.74 Å². The second kappa shape index (κ2) is 6.29. The zero-order valence-corrected chi connectivity index (χ0v) is 11.0. The molecule has 0 aliphatic rings. The van der Waals surface area contributed by atoms with Crippen molar-refractivity contribution in [2.75, 3.05) is 19.8 Å². The van der Waals surface area contributed by atoms with E-state index in [-0.39, 0.29) is 11.0 Å². The molecule has 0 heterocycles. The average Bonchev–Trinajstić information content (AvgIpc) is 2.14. The van der Waals surface area contributed by atoms with Gasteiger partial charge in [0.05, 0.1) is 0 Å². The van der Waals surface area contributed by atoms with Crippen molar-refractivity contribution in [3.05, 3.63) is 12.7 Å². The van der Waals surface area contributed by atoms with Crippen LogP contribution in [0.25, 0.3) is 0 Å². The fourth-order valence-electron chi connectivity index (χ4n) is 1.18. The number of nitrogens with one attached hydrogen (secondary N) is 1. The van der Waals surface area contributed by atoms with Gasteiger partial charge in [-0.25, -0.2) is 0 Å². The molecule has 0 spiro atoms. The minimum atomic E-state index is 0.127. The van der Waals surface area contributed by atoms with E-state index in [4.69, 9.17) is 4.74 Å². The lowest BCUT2D eigenvalue weighted by Crippen LogP contribution is -2.42. The van der Waals surface area contributed by atoms with Gasteiger partial charge < -0.3 is 10.1 Å². The van der Waals surface area contributed by atoms with Crippen molar-refractivity contribution in [1.29, 1.82) is 0 Å². The fourth-order valence-corrected chi connectivity index (χ4v) is 1.18. The summed E-state index contributed by atoms with van der Waals surface area (Å²) in [6.45, 7) is 17.3. The van der Waals surface area contributed by atoms with Crippen molar-refractivity contribution in [3.8, 4) is 0 Å². The average molecular weight is 213 g/mol. The predicted octanol–water partition coefficient (Wildman–Crippen LogP) is 2.99. The Balaban J connectivity index is 4.01. The Hall–Kier alpha value is -0.340. The van der Waals surface area contributed by atoms with Gasteiger partial charge in [0.25, 0.3) is 0 Å². The first-order valence-corrected chi connectivity index (χ1v) is 5.79. The normalized spacial score (nSPS) is 16.1. The maximum Gasteiger partial charge on any atom is 0.0474 e. The van der Waals surface area contributed by atoms with Gasteiger partial charge in [-0.1, -0.05) is 13.0 Å². The zero-order valence-electron chi connectivity index (χ0n) is 11.0. The van der Waals surface area contributed by atoms with E-state index < -0.39 is 0 Å². The molecule has 0 aromatic heterocycles. The van der Waals surface area contributed by atoms with Gasteiger partial charge in [-0.05, 0) is 39.5 Å². The van der Waals surface area contributed by atoms with Gasteiger partial charge in [0.15, 0.2) is 0 Å². The molecule has 2 nitrogen and oxygen atoms in total. The van der Waals surface area contributed by atoms with Crippen molar-refractivity contribution in [3.63, 3.8) is 0 Å². The third kappa shape index (κ3) is 7.57. The summed E-state index contributed by atoms with van der Waals surface area (Å²) in [6.07, 6.45) is 3.05. The van der Waals surface area contributed by atoms with Gasteiger partial charge in [0.2, 0.25) is 0 Å². The molecule has 0 aromatic carbocycles. The lowest BCUT2D eigenvalue weighted by molar-refractivity contribution is 0.119. The zero-order chi connectivity index (χ0) is 11.9. The van der Waals surface area contributed by atoms with Crippen molar-refractivity contribution in [2.45, 2.75) is 46.6 Å². The Bertz CT molecular complexity index is 183. The molecular formula is C13H27NO. The Morgan fingerprint density at radius 3 is 2.27 bits per heavy atom. The molecule has 2 heteroatoms. The summed E-state index contributed by atoms with van der Waals surface area (Å²) in [6, 6.07) is 0. The molecule has 0 fully saturated rings. The highest BCUT2D eigenvalue weighted by molar-refractivity contribution is 4.94. The Morgan fingerprint density at radius 2 is 1.87 bits per heavy atom. The summed E-state index contributed by atoms with van der Waals surface area (Å²) in [5, 5.41) is 3.51. The highest BCUT2D eigenvalue weighted by Crippen LogP contribution is 2.22. The first-order valence-electron chi connectivity index (χ1n) is 5.79. The Morgan fingerprint density at radius 1 is 1.27 bits per heavy atom. The van der Waals surface area contributed by atoms with Crippen molar-refractivity contribution in [2.24, 2.45) is 5.41 Å². The number of ether oxygens (including phenoxy) is 1. The van der Waals surface area contributed by atoms with Crippen LogP contribution in [-0.4, -0.2) is 25.3 Å². The number of hydrogen-bond acceptors (Lipinski definition) is 2. The van der Waals surface area contributed by atoms with Crippen LogP contribution in [0.2, 0.25) is 0 Å². The summed E-state index contributed by atoms with van der Waals surface area (Å²) in [5.74, 6) is 0. The lowest BCUT2D eigenvalue weighted by atomic mass is 9.86. The van der Waals surface area contributed by atoms with Crippen molar-refractivity contribution < 1.29 is 4.74 Å². The molecule has 1 atom stereocenters. The molecule has 0 bridgehead atoms. The molecule has 1 N–H and O–H groups in total. The van der Waals surface area contributed by atoms with E-state index in [0.29, 0.717) is 0 Å². The fraction of sp³-hybridized carbons (Fsp3) is 0.846. The third-order valence-electron chi connectivity index (χ3n) is 2.54. The predicted molar refractivity (Wildman–Crippen MR) is 67.2 cm³/mol. The van der Waals surface area contributed by atoms with E-state index in [1.54, 1.807) is 0 Å². The van der Waals surface area contributed by atoms with E-state index in [1.165, 1.54) is 0 Å². The van der Waals surface area contributed by atoms with Crippen LogP contribution in [0.1, 0.15) is 41.0 Å². The van der Waals surface area contributed by atoms with E-state index in [0.717, 1.165) is 26.2 Å². The molecule has 0 radical (unpaired) electrons. The summed E-state index contributed by atoms with van der Waals surface area (Å²) in [5.41, 5.74) is 0.290. The monoisotopic (exact) mass is 213 g/mol. The molecule has 15 heavy (non-hydrogen) atoms. The molecule has 1 unspecified atom stereocenters. The third-order valence-corrected chi connectivity index (χ3v) is 2.54. The minimum absolute atomic E-state index is 0.127. The molecule has 90 valence electrons. The smallest absolute Gasteiger partial charge is 0.0474 e. The largest absolute Gasteiger partial charge is 0.382 e. The van der Waals surface area contributed by atoms with E-state index in [2.05, 4.69) is 39.6 Å². The first kappa shape index (κ1) is 14.7. The summed E-state index contributed by atoms with van der Waals surface area (Å²) in [7, 11) is 0. The maximum atomic E-state index is 5.39. The van der Waals surface area contributed by atoms with Gasteiger partial charge in [0.1, 0.15) is 0 Å². The van der Waals surface area contributed by atoms with E-state index >= 15 is 0 Å². The maximum absolute atomic E-state index is 5.39. The molecular weight excluding hydrogens is 186 g/mol. The second-order valence-electron chi connectivity index (χ2n) is 5.41. The molecule has 0 rings (SSSR count). The van der Waals surface area contributed by atoms with Crippen LogP contribution in [0, 0.1) is 5.41 Å². The molecule has 0 aliphatic heterocycles. The summed E-state index contributed by atoms with van der Waals surface area (Å²) in [4.78, 5) is 0. The summed E-state index contributed by atoms with van der Waals surface area (Å²) < 4.78 is 5.39. The number of rotatable bonds is 7. The minimum Gasteiger partial charge on any atom is -0.382 e. The SMILES string of the molecule is C=CC(C)(CCOCC)CNC(C)(C)C. The van der Waals surface area contributed by atoms with E-state index in [9.17, 15) is 0 Å². The molecule has 0 aliphatic carbocycles. The van der Waals surface area contributed by atoms with Gasteiger partial charge in [-0.2, -0.15) is 0 Å². The van der Waals surface area contributed by atoms with Crippen LogP contribution < -0.4 is 5.32 Å². The van der Waals surface area contributed by atoms with Crippen LogP contribution in [0.3, 0.4) is 0 Å². The van der Waals surface area contributed by atoms with Crippen LogP contribution in [0.5, 0.6) is 0 Å². The quantitative estimate of drug-likeness (QED) is 0.518. The second-order valence-corrected chi connectivity index (χ2v) is 5.41. The van der Waals surface area contributed by atoms with Gasteiger partial charge in [0, 0.05) is 25.3 Å². The van der Waals surface area contributed by atoms with Crippen LogP contribution in [0.4, 0.5) is 0 Å². The van der Waals surface area contributed by atoms with Gasteiger partial charge in [-0.3, -0.25) is 0 Å². The highest BCUT2D eigenvalue weighted by atomic mass is 16.5. The molecule has 0 saturated heterocycles. The lowest BCUT2D eigenvalue weighted by Gasteiger charge is -2.31. The molecule has 0 aromatic rings. The standard InChI is InChI=1S/C13H27NO/c1-7-13(6,9-10-15-8-2)11-14-12(3,4)5/h7,14H,1,8-11H2,2-6H3. The first-order chi connectivity index (χ1) is 6.83. The van der Waals surface area contributed by atoms with Crippen molar-refractivity contribution in [1.82, 2.24) is 5.32 Å². The highest BCUT2D eigenvalue weighted by Gasteiger charge is 2.22. The van der Waals surface area contributed by atoms with Gasteiger partial charge in [-0.15, -0.1) is 6.58 Å².